The molecule has 0 atom stereocenters. The number of nitrogens with one attached hydrogen (secondary N) is 1. The molecule has 1 aliphatic heterocycles. The number of aromatic nitrogens is 1. The molecule has 1 N–H and O–H groups in total. The van der Waals surface area contributed by atoms with Gasteiger partial charge < -0.3 is 9.73 Å². The maximum atomic E-state index is 5.81. The first kappa shape index (κ1) is 12.7. The third kappa shape index (κ3) is 3.16. The summed E-state index contributed by atoms with van der Waals surface area (Å²) < 4.78 is 5.81. The highest BCUT2D eigenvalue weighted by Gasteiger charge is 2.13. The van der Waals surface area contributed by atoms with Crippen LogP contribution in [-0.2, 0) is 6.42 Å². The lowest BCUT2D eigenvalue weighted by Crippen LogP contribution is -2.27. The van der Waals surface area contributed by atoms with Crippen molar-refractivity contribution in [1.82, 2.24) is 10.3 Å². The molecule has 0 amide bonds. The number of hydrogen-bond donors (Lipinski definition) is 1. The normalized spacial score (nSPS) is 17.1. The Kier molecular flexibility index (Phi) is 3.83. The first-order valence-electron chi connectivity index (χ1n) is 7.38. The summed E-state index contributed by atoms with van der Waals surface area (Å²) in [6.07, 6.45) is 6.12. The molecule has 19 heavy (non-hydrogen) atoms. The fourth-order valence-corrected chi connectivity index (χ4v) is 2.90. The summed E-state index contributed by atoms with van der Waals surface area (Å²) in [6.45, 7) is 4.46. The van der Waals surface area contributed by atoms with E-state index in [1.54, 1.807) is 0 Å². The van der Waals surface area contributed by atoms with Gasteiger partial charge in [0.15, 0.2) is 11.5 Å². The Morgan fingerprint density at radius 3 is 3.00 bits per heavy atom. The van der Waals surface area contributed by atoms with Crippen LogP contribution in [0.3, 0.4) is 0 Å². The number of fused-ring (bicyclic) bond motifs is 1. The number of hydrogen-bond acceptors (Lipinski definition) is 3. The van der Waals surface area contributed by atoms with Gasteiger partial charge in [-0.05, 0) is 69.3 Å². The molecule has 0 aliphatic carbocycles. The van der Waals surface area contributed by atoms with Gasteiger partial charge >= 0.3 is 0 Å². The van der Waals surface area contributed by atoms with Gasteiger partial charge in [-0.15, -0.1) is 0 Å². The van der Waals surface area contributed by atoms with Crippen molar-refractivity contribution in [3.63, 3.8) is 0 Å². The lowest BCUT2D eigenvalue weighted by atomic mass is 9.92. The molecule has 2 aromatic rings. The Morgan fingerprint density at radius 1 is 1.32 bits per heavy atom. The van der Waals surface area contributed by atoms with Gasteiger partial charge in [-0.2, -0.15) is 0 Å². The van der Waals surface area contributed by atoms with Crippen LogP contribution in [-0.4, -0.2) is 18.1 Å². The van der Waals surface area contributed by atoms with E-state index in [1.807, 2.05) is 6.07 Å². The highest BCUT2D eigenvalue weighted by atomic mass is 16.3. The smallest absolute Gasteiger partial charge is 0.195 e. The average Bonchev–Trinajstić information content (AvgIpc) is 2.82. The molecule has 3 nitrogen and oxygen atoms in total. The van der Waals surface area contributed by atoms with E-state index < -0.39 is 0 Å². The van der Waals surface area contributed by atoms with Crippen LogP contribution >= 0.6 is 0 Å². The van der Waals surface area contributed by atoms with Crippen molar-refractivity contribution in [3.8, 4) is 0 Å². The summed E-state index contributed by atoms with van der Waals surface area (Å²) in [5.74, 6) is 1.79. The third-order valence-corrected chi connectivity index (χ3v) is 4.05. The standard InChI is InChI=1S/C16H22N2O/c1-12-5-6-14-15(11-12)19-16(18-14)4-2-3-13-7-9-17-10-8-13/h5-6,11,13,17H,2-4,7-10H2,1H3. The van der Waals surface area contributed by atoms with Crippen LogP contribution in [0.1, 0.15) is 37.1 Å². The van der Waals surface area contributed by atoms with Crippen molar-refractivity contribution in [2.24, 2.45) is 5.92 Å². The molecule has 1 aliphatic rings. The SMILES string of the molecule is Cc1ccc2nc(CCCC3CCNCC3)oc2c1. The minimum atomic E-state index is 0.896. The van der Waals surface area contributed by atoms with E-state index in [4.69, 9.17) is 4.42 Å². The average molecular weight is 258 g/mol. The van der Waals surface area contributed by atoms with Gasteiger partial charge in [0.05, 0.1) is 0 Å². The molecule has 3 rings (SSSR count). The second-order valence-electron chi connectivity index (χ2n) is 5.66. The Labute approximate surface area is 114 Å². The Balaban J connectivity index is 1.56. The summed E-state index contributed by atoms with van der Waals surface area (Å²) in [5.41, 5.74) is 3.14. The maximum Gasteiger partial charge on any atom is 0.195 e. The first-order chi connectivity index (χ1) is 9.31. The van der Waals surface area contributed by atoms with Crippen molar-refractivity contribution in [2.45, 2.75) is 39.0 Å². The zero-order valence-electron chi connectivity index (χ0n) is 11.6. The summed E-state index contributed by atoms with van der Waals surface area (Å²) in [7, 11) is 0. The molecule has 0 unspecified atom stereocenters. The molecular weight excluding hydrogens is 236 g/mol. The Bertz CT molecular complexity index is 541. The number of aryl methyl sites for hydroxylation is 2. The topological polar surface area (TPSA) is 38.1 Å². The molecule has 0 bridgehead atoms. The third-order valence-electron chi connectivity index (χ3n) is 4.05. The van der Waals surface area contributed by atoms with Crippen molar-refractivity contribution >= 4 is 11.1 Å². The lowest BCUT2D eigenvalue weighted by Gasteiger charge is -2.22. The van der Waals surface area contributed by atoms with Gasteiger partial charge in [-0.3, -0.25) is 0 Å². The van der Waals surface area contributed by atoms with Crippen molar-refractivity contribution in [2.75, 3.05) is 13.1 Å². The molecule has 2 heterocycles. The summed E-state index contributed by atoms with van der Waals surface area (Å²) >= 11 is 0. The van der Waals surface area contributed by atoms with Crippen LogP contribution in [0.2, 0.25) is 0 Å². The predicted molar refractivity (Wildman–Crippen MR) is 77.3 cm³/mol. The molecule has 1 saturated heterocycles. The van der Waals surface area contributed by atoms with Crippen LogP contribution in [0.25, 0.3) is 11.1 Å². The summed E-state index contributed by atoms with van der Waals surface area (Å²) in [6, 6.07) is 6.20. The van der Waals surface area contributed by atoms with Crippen molar-refractivity contribution < 1.29 is 4.42 Å². The van der Waals surface area contributed by atoms with E-state index in [2.05, 4.69) is 29.4 Å². The van der Waals surface area contributed by atoms with Crippen LogP contribution in [0.5, 0.6) is 0 Å². The van der Waals surface area contributed by atoms with Crippen LogP contribution in [0.4, 0.5) is 0 Å². The first-order valence-corrected chi connectivity index (χ1v) is 7.38. The fraction of sp³-hybridized carbons (Fsp3) is 0.562. The van der Waals surface area contributed by atoms with Crippen LogP contribution in [0.15, 0.2) is 22.6 Å². The number of piperidine rings is 1. The molecule has 0 spiro atoms. The fourth-order valence-electron chi connectivity index (χ4n) is 2.90. The quantitative estimate of drug-likeness (QED) is 0.912. The van der Waals surface area contributed by atoms with E-state index in [-0.39, 0.29) is 0 Å². The molecule has 0 radical (unpaired) electrons. The minimum absolute atomic E-state index is 0.896. The molecule has 1 fully saturated rings. The zero-order chi connectivity index (χ0) is 13.1. The van der Waals surface area contributed by atoms with Gasteiger partial charge in [0.2, 0.25) is 0 Å². The molecule has 0 saturated carbocycles. The molecular formula is C16H22N2O. The minimum Gasteiger partial charge on any atom is -0.441 e. The van der Waals surface area contributed by atoms with Gasteiger partial charge in [0.25, 0.3) is 0 Å². The summed E-state index contributed by atoms with van der Waals surface area (Å²) in [4.78, 5) is 4.56. The Morgan fingerprint density at radius 2 is 2.16 bits per heavy atom. The van der Waals surface area contributed by atoms with Gasteiger partial charge in [-0.1, -0.05) is 6.07 Å². The van der Waals surface area contributed by atoms with Gasteiger partial charge in [-0.25, -0.2) is 4.98 Å². The zero-order valence-corrected chi connectivity index (χ0v) is 11.6. The molecule has 1 aromatic carbocycles. The number of rotatable bonds is 4. The van der Waals surface area contributed by atoms with E-state index in [1.165, 1.54) is 44.3 Å². The van der Waals surface area contributed by atoms with E-state index in [0.29, 0.717) is 0 Å². The monoisotopic (exact) mass is 258 g/mol. The number of oxazole rings is 1. The van der Waals surface area contributed by atoms with E-state index >= 15 is 0 Å². The lowest BCUT2D eigenvalue weighted by molar-refractivity contribution is 0.342. The largest absolute Gasteiger partial charge is 0.441 e. The highest BCUT2D eigenvalue weighted by molar-refractivity contribution is 5.73. The summed E-state index contributed by atoms with van der Waals surface area (Å²) in [5, 5.41) is 3.41. The second kappa shape index (κ2) is 5.74. The van der Waals surface area contributed by atoms with Crippen molar-refractivity contribution in [3.05, 3.63) is 29.7 Å². The molecule has 3 heteroatoms. The van der Waals surface area contributed by atoms with Gasteiger partial charge in [0.1, 0.15) is 5.52 Å². The predicted octanol–water partition coefficient (Wildman–Crippen LogP) is 3.46. The number of nitrogens with zero attached hydrogens (tertiary/aromatic N) is 1. The van der Waals surface area contributed by atoms with Gasteiger partial charge in [0, 0.05) is 6.42 Å². The maximum absolute atomic E-state index is 5.81. The van der Waals surface area contributed by atoms with Crippen LogP contribution in [0, 0.1) is 12.8 Å². The molecule has 1 aromatic heterocycles. The van der Waals surface area contributed by atoms with Crippen molar-refractivity contribution in [1.29, 1.82) is 0 Å². The Hall–Kier alpha value is -1.35. The van der Waals surface area contributed by atoms with Crippen LogP contribution < -0.4 is 5.32 Å². The highest BCUT2D eigenvalue weighted by Crippen LogP contribution is 2.21. The second-order valence-corrected chi connectivity index (χ2v) is 5.66. The van der Waals surface area contributed by atoms with E-state index in [9.17, 15) is 0 Å². The number of benzene rings is 1. The molecule has 102 valence electrons. The van der Waals surface area contributed by atoms with E-state index in [0.717, 1.165) is 29.3 Å².